The van der Waals surface area contributed by atoms with E-state index < -0.39 is 5.91 Å². The van der Waals surface area contributed by atoms with Gasteiger partial charge in [0.2, 0.25) is 0 Å². The van der Waals surface area contributed by atoms with Crippen LogP contribution in [0, 0.1) is 0 Å². The first-order valence-electron chi connectivity index (χ1n) is 10.5. The van der Waals surface area contributed by atoms with Crippen LogP contribution in [0.5, 0.6) is 5.88 Å². The van der Waals surface area contributed by atoms with Crippen molar-refractivity contribution in [2.75, 3.05) is 0 Å². The SMILES string of the molecule is CC(C)(C)c1ccc(C2=NC(=O)c3c(-c4ccc(C(C)(C)C)c(Cl)c4)[nH]c(O)c32)cc1Cl. The zero-order valence-electron chi connectivity index (χ0n) is 19.0. The Morgan fingerprint density at radius 1 is 0.812 bits per heavy atom. The molecular formula is C26H26Cl2N2O2. The molecule has 1 aliphatic heterocycles. The van der Waals surface area contributed by atoms with Gasteiger partial charge in [0, 0.05) is 21.2 Å². The third kappa shape index (κ3) is 3.76. The summed E-state index contributed by atoms with van der Waals surface area (Å²) in [6.07, 6.45) is 0. The zero-order chi connectivity index (χ0) is 23.6. The molecule has 1 amide bonds. The van der Waals surface area contributed by atoms with Gasteiger partial charge in [-0.05, 0) is 34.1 Å². The molecular weight excluding hydrogens is 443 g/mol. The number of H-pyrrole nitrogens is 1. The van der Waals surface area contributed by atoms with Crippen molar-refractivity contribution < 1.29 is 9.90 Å². The fourth-order valence-corrected chi connectivity index (χ4v) is 5.05. The Kier molecular flexibility index (Phi) is 5.30. The molecule has 1 aliphatic rings. The Labute approximate surface area is 198 Å². The van der Waals surface area contributed by atoms with Crippen LogP contribution in [0.15, 0.2) is 41.4 Å². The maximum Gasteiger partial charge on any atom is 0.280 e. The van der Waals surface area contributed by atoms with E-state index in [9.17, 15) is 9.90 Å². The van der Waals surface area contributed by atoms with Crippen LogP contribution in [0.4, 0.5) is 0 Å². The molecule has 4 nitrogen and oxygen atoms in total. The molecule has 0 bridgehead atoms. The van der Waals surface area contributed by atoms with E-state index in [0.717, 1.165) is 11.1 Å². The van der Waals surface area contributed by atoms with E-state index in [2.05, 4.69) is 51.5 Å². The summed E-state index contributed by atoms with van der Waals surface area (Å²) in [5.41, 5.74) is 4.81. The van der Waals surface area contributed by atoms with Crippen LogP contribution in [0.1, 0.15) is 74.2 Å². The number of aromatic nitrogens is 1. The van der Waals surface area contributed by atoms with Crippen molar-refractivity contribution in [2.45, 2.75) is 52.4 Å². The number of rotatable bonds is 2. The molecule has 3 aromatic rings. The largest absolute Gasteiger partial charge is 0.494 e. The summed E-state index contributed by atoms with van der Waals surface area (Å²) in [5, 5.41) is 11.9. The monoisotopic (exact) mass is 468 g/mol. The van der Waals surface area contributed by atoms with Crippen LogP contribution < -0.4 is 0 Å². The highest BCUT2D eigenvalue weighted by atomic mass is 35.5. The Hall–Kier alpha value is -2.56. The second-order valence-electron chi connectivity index (χ2n) is 10.3. The number of carbonyl (C=O) groups excluding carboxylic acids is 1. The third-order valence-electron chi connectivity index (χ3n) is 5.76. The van der Waals surface area contributed by atoms with Gasteiger partial charge < -0.3 is 10.1 Å². The molecule has 2 N–H and O–H groups in total. The van der Waals surface area contributed by atoms with Crippen molar-refractivity contribution in [2.24, 2.45) is 4.99 Å². The first-order chi connectivity index (χ1) is 14.8. The molecule has 166 valence electrons. The highest BCUT2D eigenvalue weighted by Crippen LogP contribution is 2.41. The molecule has 0 aliphatic carbocycles. The number of fused-ring (bicyclic) bond motifs is 1. The van der Waals surface area contributed by atoms with Gasteiger partial charge in [0.15, 0.2) is 5.88 Å². The molecule has 0 fully saturated rings. The van der Waals surface area contributed by atoms with Crippen LogP contribution in [-0.4, -0.2) is 21.7 Å². The minimum Gasteiger partial charge on any atom is -0.494 e. The number of benzene rings is 2. The highest BCUT2D eigenvalue weighted by molar-refractivity contribution is 6.34. The van der Waals surface area contributed by atoms with Crippen molar-refractivity contribution in [1.82, 2.24) is 4.98 Å². The summed E-state index contributed by atoms with van der Waals surface area (Å²) in [5.74, 6) is -0.514. The van der Waals surface area contributed by atoms with Crippen molar-refractivity contribution in [1.29, 1.82) is 0 Å². The Morgan fingerprint density at radius 2 is 1.31 bits per heavy atom. The van der Waals surface area contributed by atoms with Gasteiger partial charge >= 0.3 is 0 Å². The molecule has 0 spiro atoms. The first kappa shape index (κ1) is 22.6. The maximum atomic E-state index is 12.9. The number of aromatic amines is 1. The van der Waals surface area contributed by atoms with Gasteiger partial charge in [-0.15, -0.1) is 0 Å². The molecule has 0 unspecified atom stereocenters. The summed E-state index contributed by atoms with van der Waals surface area (Å²) in [6.45, 7) is 12.5. The second-order valence-corrected chi connectivity index (χ2v) is 11.1. The van der Waals surface area contributed by atoms with E-state index in [4.69, 9.17) is 23.2 Å². The van der Waals surface area contributed by atoms with Crippen LogP contribution in [-0.2, 0) is 10.8 Å². The number of aromatic hydroxyl groups is 1. The van der Waals surface area contributed by atoms with E-state index in [0.29, 0.717) is 43.7 Å². The quantitative estimate of drug-likeness (QED) is 0.414. The molecule has 2 aromatic carbocycles. The average Bonchev–Trinajstić information content (AvgIpc) is 3.18. The predicted octanol–water partition coefficient (Wildman–Crippen LogP) is 7.28. The van der Waals surface area contributed by atoms with E-state index in [1.54, 1.807) is 6.07 Å². The fraction of sp³-hybridized carbons (Fsp3) is 0.308. The first-order valence-corrected chi connectivity index (χ1v) is 11.2. The minimum absolute atomic E-state index is 0.105. The number of amides is 1. The molecule has 2 heterocycles. The average molecular weight is 469 g/mol. The summed E-state index contributed by atoms with van der Waals surface area (Å²) >= 11 is 13.1. The Morgan fingerprint density at radius 3 is 1.81 bits per heavy atom. The number of aliphatic imine (C=N–C) groups is 1. The molecule has 32 heavy (non-hydrogen) atoms. The minimum atomic E-state index is -0.409. The molecule has 0 saturated heterocycles. The van der Waals surface area contributed by atoms with Gasteiger partial charge in [-0.25, -0.2) is 4.99 Å². The van der Waals surface area contributed by atoms with E-state index >= 15 is 0 Å². The lowest BCUT2D eigenvalue weighted by atomic mass is 9.86. The highest BCUT2D eigenvalue weighted by Gasteiger charge is 2.34. The van der Waals surface area contributed by atoms with Gasteiger partial charge in [0.1, 0.15) is 0 Å². The number of nitrogens with one attached hydrogen (secondary N) is 1. The number of hydrogen-bond donors (Lipinski definition) is 2. The fourth-order valence-electron chi connectivity index (χ4n) is 4.12. The summed E-state index contributed by atoms with van der Waals surface area (Å²) < 4.78 is 0. The summed E-state index contributed by atoms with van der Waals surface area (Å²) in [4.78, 5) is 20.1. The molecule has 0 saturated carbocycles. The second kappa shape index (κ2) is 7.50. The summed E-state index contributed by atoms with van der Waals surface area (Å²) in [6, 6.07) is 11.3. The zero-order valence-corrected chi connectivity index (χ0v) is 20.5. The molecule has 6 heteroatoms. The molecule has 0 atom stereocenters. The van der Waals surface area contributed by atoms with Crippen molar-refractivity contribution in [3.05, 3.63) is 74.3 Å². The van der Waals surface area contributed by atoms with Crippen molar-refractivity contribution in [3.63, 3.8) is 0 Å². The smallest absolute Gasteiger partial charge is 0.280 e. The van der Waals surface area contributed by atoms with Crippen LogP contribution in [0.3, 0.4) is 0 Å². The standard InChI is InChI=1S/C26H26Cl2N2O2/c1-25(2,3)15-9-7-13(11-17(15)27)21-19-20(24(32)29-21)22(30-23(19)31)14-8-10-16(18(28)12-14)26(4,5)6/h7-12,29,32H,1-6H3. The molecule has 0 radical (unpaired) electrons. The van der Waals surface area contributed by atoms with Gasteiger partial charge in [-0.2, -0.15) is 0 Å². The van der Waals surface area contributed by atoms with Gasteiger partial charge in [-0.3, -0.25) is 4.79 Å². The molecule has 4 rings (SSSR count). The third-order valence-corrected chi connectivity index (χ3v) is 6.39. The number of nitrogens with zero attached hydrogens (tertiary/aromatic N) is 1. The Balaban J connectivity index is 1.81. The predicted molar refractivity (Wildman–Crippen MR) is 132 cm³/mol. The Bertz CT molecular complexity index is 1290. The number of halogens is 2. The van der Waals surface area contributed by atoms with Gasteiger partial charge in [0.05, 0.1) is 22.5 Å². The van der Waals surface area contributed by atoms with Crippen LogP contribution >= 0.6 is 23.2 Å². The lowest BCUT2D eigenvalue weighted by molar-refractivity contribution is 0.101. The lowest BCUT2D eigenvalue weighted by Crippen LogP contribution is -2.12. The van der Waals surface area contributed by atoms with Crippen molar-refractivity contribution >= 4 is 34.8 Å². The van der Waals surface area contributed by atoms with E-state index in [-0.39, 0.29) is 16.7 Å². The van der Waals surface area contributed by atoms with E-state index in [1.165, 1.54) is 0 Å². The maximum absolute atomic E-state index is 12.9. The van der Waals surface area contributed by atoms with Crippen LogP contribution in [0.25, 0.3) is 11.3 Å². The normalized spacial score (nSPS) is 14.0. The number of carbonyl (C=O) groups is 1. The topological polar surface area (TPSA) is 65.5 Å². The van der Waals surface area contributed by atoms with Crippen LogP contribution in [0.2, 0.25) is 10.0 Å². The van der Waals surface area contributed by atoms with Gasteiger partial charge in [-0.1, -0.05) is 89.0 Å². The number of hydrogen-bond acceptors (Lipinski definition) is 2. The van der Waals surface area contributed by atoms with Gasteiger partial charge in [0.25, 0.3) is 5.91 Å². The summed E-state index contributed by atoms with van der Waals surface area (Å²) in [7, 11) is 0. The van der Waals surface area contributed by atoms with E-state index in [1.807, 2.05) is 30.3 Å². The lowest BCUT2D eigenvalue weighted by Gasteiger charge is -2.21. The van der Waals surface area contributed by atoms with Crippen molar-refractivity contribution in [3.8, 4) is 17.1 Å². The molecule has 1 aromatic heterocycles.